The lowest BCUT2D eigenvalue weighted by Crippen LogP contribution is -2.40. The summed E-state index contributed by atoms with van der Waals surface area (Å²) in [6.45, 7) is 0. The van der Waals surface area contributed by atoms with Crippen molar-refractivity contribution >= 4 is 32.2 Å². The Hall–Kier alpha value is -1.58. The van der Waals surface area contributed by atoms with Crippen LogP contribution in [0.4, 0.5) is 0 Å². The summed E-state index contributed by atoms with van der Waals surface area (Å²) >= 11 is 0. The third-order valence-corrected chi connectivity index (χ3v) is 8.81. The van der Waals surface area contributed by atoms with E-state index < -0.39 is 8.56 Å². The van der Waals surface area contributed by atoms with Crippen LogP contribution in [0.2, 0.25) is 12.1 Å². The Balaban J connectivity index is 1.77. The molecule has 2 fully saturated rings. The van der Waals surface area contributed by atoms with Crippen molar-refractivity contribution in [3.63, 3.8) is 0 Å². The number of nitrogens with one attached hydrogen (secondary N) is 2. The summed E-state index contributed by atoms with van der Waals surface area (Å²) < 4.78 is 11.4. The maximum atomic E-state index is 11.6. The Morgan fingerprint density at radius 3 is 1.52 bits per heavy atom. The van der Waals surface area contributed by atoms with Gasteiger partial charge in [0, 0.05) is 38.9 Å². The predicted molar refractivity (Wildman–Crippen MR) is 90.4 cm³/mol. The molecule has 9 heteroatoms. The van der Waals surface area contributed by atoms with Gasteiger partial charge < -0.3 is 8.85 Å². The molecule has 2 heterocycles. The van der Waals surface area contributed by atoms with Crippen molar-refractivity contribution in [3.05, 3.63) is 0 Å². The van der Waals surface area contributed by atoms with Crippen LogP contribution in [0.3, 0.4) is 0 Å². The summed E-state index contributed by atoms with van der Waals surface area (Å²) in [7, 11) is 0.866. The summed E-state index contributed by atoms with van der Waals surface area (Å²) in [4.78, 5) is 45.7. The summed E-state index contributed by atoms with van der Waals surface area (Å²) in [6, 6.07) is 1.46. The molecule has 25 heavy (non-hydrogen) atoms. The normalized spacial score (nSPS) is 23.9. The van der Waals surface area contributed by atoms with E-state index in [1.807, 2.05) is 0 Å². The Kier molecular flexibility index (Phi) is 6.85. The largest absolute Gasteiger partial charge is 0.398 e. The first kappa shape index (κ1) is 19.7. The van der Waals surface area contributed by atoms with Gasteiger partial charge in [-0.15, -0.1) is 0 Å². The van der Waals surface area contributed by atoms with Crippen LogP contribution >= 0.6 is 0 Å². The highest BCUT2D eigenvalue weighted by Crippen LogP contribution is 2.28. The number of hydrogen-bond acceptors (Lipinski definition) is 6. The zero-order chi connectivity index (χ0) is 18.4. The highest BCUT2D eigenvalue weighted by atomic mass is 28.4. The maximum Gasteiger partial charge on any atom is 0.337 e. The standard InChI is InChI=1S/C16H26N2O6Si/c1-23-25(24-2,7-3-5-11-9-13(19)17-15(11)21)8-4-6-12-10-14(20)18-16(12)22/h11-12H,3-10H2,1-2H3,(H,17,19,21)(H,18,20,22). The van der Waals surface area contributed by atoms with Crippen LogP contribution in [0.1, 0.15) is 38.5 Å². The number of hydrogen-bond donors (Lipinski definition) is 2. The van der Waals surface area contributed by atoms with E-state index in [-0.39, 0.29) is 48.3 Å². The van der Waals surface area contributed by atoms with Crippen LogP contribution in [0, 0.1) is 11.8 Å². The van der Waals surface area contributed by atoms with Crippen molar-refractivity contribution in [2.24, 2.45) is 11.8 Å². The van der Waals surface area contributed by atoms with Gasteiger partial charge in [0.1, 0.15) is 0 Å². The minimum Gasteiger partial charge on any atom is -0.398 e. The van der Waals surface area contributed by atoms with Gasteiger partial charge in [-0.05, 0) is 24.9 Å². The van der Waals surface area contributed by atoms with Crippen LogP contribution < -0.4 is 10.6 Å². The lowest BCUT2D eigenvalue weighted by atomic mass is 10.0. The predicted octanol–water partition coefficient (Wildman–Crippen LogP) is 0.607. The Morgan fingerprint density at radius 1 is 0.840 bits per heavy atom. The minimum absolute atomic E-state index is 0.191. The SMILES string of the molecule is CO[Si](CCCC1CC(=O)NC1=O)(CCCC1CC(=O)NC1=O)OC. The minimum atomic E-state index is -2.40. The number of carbonyl (C=O) groups excluding carboxylic acids is 4. The quantitative estimate of drug-likeness (QED) is 0.430. The van der Waals surface area contributed by atoms with Gasteiger partial charge in [-0.25, -0.2) is 0 Å². The van der Waals surface area contributed by atoms with Gasteiger partial charge in [-0.2, -0.15) is 0 Å². The van der Waals surface area contributed by atoms with Crippen LogP contribution in [0.5, 0.6) is 0 Å². The summed E-state index contributed by atoms with van der Waals surface area (Å²) in [5.74, 6) is -1.29. The van der Waals surface area contributed by atoms with Crippen molar-refractivity contribution in [1.29, 1.82) is 0 Å². The average Bonchev–Trinajstić information content (AvgIpc) is 3.06. The molecular formula is C16H26N2O6Si. The van der Waals surface area contributed by atoms with E-state index in [2.05, 4.69) is 10.6 Å². The van der Waals surface area contributed by atoms with E-state index in [1.54, 1.807) is 14.2 Å². The molecule has 140 valence electrons. The van der Waals surface area contributed by atoms with Crippen molar-refractivity contribution < 1.29 is 28.0 Å². The van der Waals surface area contributed by atoms with E-state index in [1.165, 1.54) is 0 Å². The molecule has 4 amide bonds. The molecule has 2 atom stereocenters. The Bertz CT molecular complexity index is 505. The number of amides is 4. The highest BCUT2D eigenvalue weighted by Gasteiger charge is 2.37. The third-order valence-electron chi connectivity index (χ3n) is 5.09. The van der Waals surface area contributed by atoms with Crippen LogP contribution in [0.25, 0.3) is 0 Å². The molecule has 2 aliphatic heterocycles. The summed E-state index contributed by atoms with van der Waals surface area (Å²) in [5.41, 5.74) is 0. The van der Waals surface area contributed by atoms with Crippen molar-refractivity contribution in [2.75, 3.05) is 14.2 Å². The molecule has 0 bridgehead atoms. The van der Waals surface area contributed by atoms with Crippen LogP contribution in [-0.4, -0.2) is 46.4 Å². The van der Waals surface area contributed by atoms with Crippen molar-refractivity contribution in [1.82, 2.24) is 10.6 Å². The zero-order valence-electron chi connectivity index (χ0n) is 14.8. The van der Waals surface area contributed by atoms with E-state index >= 15 is 0 Å². The molecule has 2 N–H and O–H groups in total. The number of imide groups is 2. The second kappa shape index (κ2) is 8.68. The molecule has 0 aromatic heterocycles. The van der Waals surface area contributed by atoms with Gasteiger partial charge in [0.25, 0.3) is 0 Å². The van der Waals surface area contributed by atoms with E-state index in [0.29, 0.717) is 12.8 Å². The first-order chi connectivity index (χ1) is 11.9. The molecule has 2 unspecified atom stereocenters. The first-order valence-electron chi connectivity index (χ1n) is 8.67. The van der Waals surface area contributed by atoms with E-state index in [0.717, 1.165) is 24.9 Å². The number of carbonyl (C=O) groups is 4. The van der Waals surface area contributed by atoms with Gasteiger partial charge >= 0.3 is 8.56 Å². The fraction of sp³-hybridized carbons (Fsp3) is 0.750. The van der Waals surface area contributed by atoms with Gasteiger partial charge in [0.05, 0.1) is 0 Å². The molecule has 0 spiro atoms. The molecule has 8 nitrogen and oxygen atoms in total. The van der Waals surface area contributed by atoms with Gasteiger partial charge in [-0.1, -0.05) is 12.8 Å². The fourth-order valence-electron chi connectivity index (χ4n) is 3.53. The van der Waals surface area contributed by atoms with Gasteiger partial charge in [0.2, 0.25) is 23.6 Å². The Morgan fingerprint density at radius 2 is 1.24 bits per heavy atom. The average molecular weight is 370 g/mol. The van der Waals surface area contributed by atoms with Gasteiger partial charge in [0.15, 0.2) is 0 Å². The lowest BCUT2D eigenvalue weighted by Gasteiger charge is -2.28. The maximum absolute atomic E-state index is 11.6. The Labute approximate surface area is 148 Å². The van der Waals surface area contributed by atoms with Crippen molar-refractivity contribution in [3.8, 4) is 0 Å². The third kappa shape index (κ3) is 5.19. The van der Waals surface area contributed by atoms with E-state index in [9.17, 15) is 19.2 Å². The molecule has 0 saturated carbocycles. The smallest absolute Gasteiger partial charge is 0.337 e. The molecule has 0 aromatic carbocycles. The molecule has 0 radical (unpaired) electrons. The molecule has 2 rings (SSSR count). The second-order valence-electron chi connectivity index (χ2n) is 6.73. The lowest BCUT2D eigenvalue weighted by molar-refractivity contribution is -0.127. The monoisotopic (exact) mass is 370 g/mol. The summed E-state index contributed by atoms with van der Waals surface area (Å²) in [5, 5.41) is 4.64. The van der Waals surface area contributed by atoms with E-state index in [4.69, 9.17) is 8.85 Å². The zero-order valence-corrected chi connectivity index (χ0v) is 15.8. The number of rotatable bonds is 10. The molecule has 2 saturated heterocycles. The summed E-state index contributed by atoms with van der Waals surface area (Å²) in [6.07, 6.45) is 3.30. The first-order valence-corrected chi connectivity index (χ1v) is 10.9. The second-order valence-corrected chi connectivity index (χ2v) is 10.4. The van der Waals surface area contributed by atoms with Gasteiger partial charge in [-0.3, -0.25) is 29.8 Å². The van der Waals surface area contributed by atoms with Crippen LogP contribution in [0.15, 0.2) is 0 Å². The molecule has 0 aromatic rings. The van der Waals surface area contributed by atoms with Crippen LogP contribution in [-0.2, 0) is 28.0 Å². The molecular weight excluding hydrogens is 344 g/mol. The fourth-order valence-corrected chi connectivity index (χ4v) is 6.25. The topological polar surface area (TPSA) is 111 Å². The highest BCUT2D eigenvalue weighted by molar-refractivity contribution is 6.67. The van der Waals surface area contributed by atoms with Crippen molar-refractivity contribution in [2.45, 2.75) is 50.6 Å². The molecule has 0 aliphatic carbocycles. The molecule has 2 aliphatic rings.